The Bertz CT molecular complexity index is 366. The molecule has 0 fully saturated rings. The summed E-state index contributed by atoms with van der Waals surface area (Å²) in [5.41, 5.74) is 5.98. The van der Waals surface area contributed by atoms with Gasteiger partial charge in [-0.2, -0.15) is 0 Å². The molecule has 0 saturated heterocycles. The van der Waals surface area contributed by atoms with Crippen molar-refractivity contribution in [3.63, 3.8) is 0 Å². The van der Waals surface area contributed by atoms with Crippen molar-refractivity contribution in [2.45, 2.75) is 19.6 Å². The molecule has 0 radical (unpaired) electrons. The van der Waals surface area contributed by atoms with Crippen molar-refractivity contribution >= 4 is 16.5 Å². The van der Waals surface area contributed by atoms with Crippen molar-refractivity contribution in [2.75, 3.05) is 11.5 Å². The summed E-state index contributed by atoms with van der Waals surface area (Å²) in [6, 6.07) is 4.81. The van der Waals surface area contributed by atoms with Crippen molar-refractivity contribution in [1.29, 1.82) is 0 Å². The zero-order chi connectivity index (χ0) is 11.4. The molecule has 0 aromatic heterocycles. The van der Waals surface area contributed by atoms with E-state index < -0.39 is 16.6 Å². The molecule has 15 heavy (non-hydrogen) atoms. The molecular formula is C11H16FNOS. The van der Waals surface area contributed by atoms with Crippen LogP contribution in [-0.4, -0.2) is 9.96 Å². The Morgan fingerprint density at radius 1 is 1.47 bits per heavy atom. The van der Waals surface area contributed by atoms with Crippen LogP contribution in [0.2, 0.25) is 0 Å². The number of benzene rings is 1. The van der Waals surface area contributed by atoms with Gasteiger partial charge in [-0.25, -0.2) is 4.39 Å². The van der Waals surface area contributed by atoms with Crippen LogP contribution < -0.4 is 5.73 Å². The third-order valence-electron chi connectivity index (χ3n) is 1.94. The molecule has 1 unspecified atom stereocenters. The van der Waals surface area contributed by atoms with E-state index in [1.807, 2.05) is 13.8 Å². The van der Waals surface area contributed by atoms with E-state index in [4.69, 9.17) is 5.73 Å². The number of rotatable bonds is 4. The smallest absolute Gasteiger partial charge is 0.150 e. The fourth-order valence-corrected chi connectivity index (χ4v) is 2.75. The predicted octanol–water partition coefficient (Wildman–Crippen LogP) is 2.31. The first-order chi connectivity index (χ1) is 7.00. The fraction of sp³-hybridized carbons (Fsp3) is 0.455. The van der Waals surface area contributed by atoms with Gasteiger partial charge in [0.25, 0.3) is 0 Å². The molecule has 0 aliphatic rings. The second-order valence-electron chi connectivity index (χ2n) is 3.97. The van der Waals surface area contributed by atoms with Crippen LogP contribution >= 0.6 is 0 Å². The molecule has 0 amide bonds. The number of nitrogen functional groups attached to an aromatic ring is 1. The molecule has 0 spiro atoms. The summed E-state index contributed by atoms with van der Waals surface area (Å²) in [6.07, 6.45) is 0. The van der Waals surface area contributed by atoms with Crippen LogP contribution in [0.25, 0.3) is 0 Å². The van der Waals surface area contributed by atoms with E-state index in [2.05, 4.69) is 0 Å². The number of anilines is 1. The lowest BCUT2D eigenvalue weighted by atomic mass is 10.2. The Morgan fingerprint density at radius 3 is 2.73 bits per heavy atom. The van der Waals surface area contributed by atoms with E-state index in [1.54, 1.807) is 12.1 Å². The Morgan fingerprint density at radius 2 is 2.13 bits per heavy atom. The van der Waals surface area contributed by atoms with E-state index in [0.717, 1.165) is 0 Å². The first kappa shape index (κ1) is 12.2. The zero-order valence-electron chi connectivity index (χ0n) is 9.00. The molecule has 1 atom stereocenters. The summed E-state index contributed by atoms with van der Waals surface area (Å²) in [7, 11) is -1.02. The normalized spacial score (nSPS) is 13.1. The van der Waals surface area contributed by atoms with E-state index in [1.165, 1.54) is 6.07 Å². The molecule has 1 rings (SSSR count). The van der Waals surface area contributed by atoms with Crippen LogP contribution in [0.1, 0.15) is 19.4 Å². The van der Waals surface area contributed by atoms with Crippen molar-refractivity contribution in [2.24, 2.45) is 5.92 Å². The lowest BCUT2D eigenvalue weighted by Crippen LogP contribution is -2.08. The van der Waals surface area contributed by atoms with Gasteiger partial charge in [0, 0.05) is 22.1 Å². The van der Waals surface area contributed by atoms with Crippen molar-refractivity contribution in [1.82, 2.24) is 0 Å². The number of halogens is 1. The van der Waals surface area contributed by atoms with Gasteiger partial charge < -0.3 is 5.73 Å². The van der Waals surface area contributed by atoms with Gasteiger partial charge in [0.15, 0.2) is 0 Å². The Hall–Kier alpha value is -0.900. The second-order valence-corrected chi connectivity index (χ2v) is 5.47. The summed E-state index contributed by atoms with van der Waals surface area (Å²) in [5, 5.41) is 0. The molecule has 0 aliphatic carbocycles. The highest BCUT2D eigenvalue weighted by atomic mass is 32.2. The molecule has 84 valence electrons. The minimum atomic E-state index is -1.02. The zero-order valence-corrected chi connectivity index (χ0v) is 9.81. The van der Waals surface area contributed by atoms with E-state index in [0.29, 0.717) is 17.2 Å². The van der Waals surface area contributed by atoms with Gasteiger partial charge >= 0.3 is 0 Å². The van der Waals surface area contributed by atoms with Crippen LogP contribution in [0.15, 0.2) is 18.2 Å². The third-order valence-corrected chi connectivity index (χ3v) is 3.62. The lowest BCUT2D eigenvalue weighted by molar-refractivity contribution is 0.618. The molecule has 2 N–H and O–H groups in total. The Balaban J connectivity index is 2.73. The van der Waals surface area contributed by atoms with Crippen LogP contribution in [0.4, 0.5) is 10.1 Å². The number of hydrogen-bond acceptors (Lipinski definition) is 2. The molecule has 1 aromatic carbocycles. The molecule has 0 saturated carbocycles. The average molecular weight is 229 g/mol. The van der Waals surface area contributed by atoms with Crippen LogP contribution in [0, 0.1) is 11.7 Å². The largest absolute Gasteiger partial charge is 0.396 e. The molecule has 0 bridgehead atoms. The second kappa shape index (κ2) is 5.26. The summed E-state index contributed by atoms with van der Waals surface area (Å²) in [4.78, 5) is 0. The SMILES string of the molecule is CC(C)CS(=O)Cc1cccc(N)c1F. The van der Waals surface area contributed by atoms with E-state index in [9.17, 15) is 8.60 Å². The highest BCUT2D eigenvalue weighted by molar-refractivity contribution is 7.84. The first-order valence-corrected chi connectivity index (χ1v) is 6.37. The molecule has 0 heterocycles. The predicted molar refractivity (Wildman–Crippen MR) is 62.4 cm³/mol. The van der Waals surface area contributed by atoms with Crippen LogP contribution in [0.5, 0.6) is 0 Å². The average Bonchev–Trinajstić information content (AvgIpc) is 2.11. The quantitative estimate of drug-likeness (QED) is 0.805. The van der Waals surface area contributed by atoms with E-state index >= 15 is 0 Å². The first-order valence-electron chi connectivity index (χ1n) is 4.88. The molecular weight excluding hydrogens is 213 g/mol. The van der Waals surface area contributed by atoms with Crippen LogP contribution in [-0.2, 0) is 16.6 Å². The summed E-state index contributed by atoms with van der Waals surface area (Å²) >= 11 is 0. The number of hydrogen-bond donors (Lipinski definition) is 1. The standard InChI is InChI=1S/C11H16FNOS/c1-8(2)6-15(14)7-9-4-3-5-10(13)11(9)12/h3-5,8H,6-7,13H2,1-2H3. The monoisotopic (exact) mass is 229 g/mol. The van der Waals surface area contributed by atoms with Gasteiger partial charge in [0.1, 0.15) is 5.82 Å². The minimum Gasteiger partial charge on any atom is -0.396 e. The van der Waals surface area contributed by atoms with Crippen molar-refractivity contribution in [3.05, 3.63) is 29.6 Å². The molecule has 0 aliphatic heterocycles. The summed E-state index contributed by atoms with van der Waals surface area (Å²) in [5.74, 6) is 0.757. The van der Waals surface area contributed by atoms with Gasteiger partial charge in [0.2, 0.25) is 0 Å². The van der Waals surface area contributed by atoms with E-state index in [-0.39, 0.29) is 11.4 Å². The topological polar surface area (TPSA) is 43.1 Å². The summed E-state index contributed by atoms with van der Waals surface area (Å²) in [6.45, 7) is 3.99. The summed E-state index contributed by atoms with van der Waals surface area (Å²) < 4.78 is 25.0. The highest BCUT2D eigenvalue weighted by Gasteiger charge is 2.10. The van der Waals surface area contributed by atoms with Crippen molar-refractivity contribution < 1.29 is 8.60 Å². The van der Waals surface area contributed by atoms with Gasteiger partial charge in [0.05, 0.1) is 11.4 Å². The van der Waals surface area contributed by atoms with Gasteiger partial charge in [-0.05, 0) is 12.0 Å². The molecule has 1 aromatic rings. The molecule has 4 heteroatoms. The fourth-order valence-electron chi connectivity index (χ4n) is 1.32. The van der Waals surface area contributed by atoms with Gasteiger partial charge in [-0.15, -0.1) is 0 Å². The van der Waals surface area contributed by atoms with Gasteiger partial charge in [-0.3, -0.25) is 4.21 Å². The maximum Gasteiger partial charge on any atom is 0.150 e. The van der Waals surface area contributed by atoms with Gasteiger partial charge in [-0.1, -0.05) is 26.0 Å². The lowest BCUT2D eigenvalue weighted by Gasteiger charge is -2.07. The highest BCUT2D eigenvalue weighted by Crippen LogP contribution is 2.16. The minimum absolute atomic E-state index is 0.119. The van der Waals surface area contributed by atoms with Crippen molar-refractivity contribution in [3.8, 4) is 0 Å². The third kappa shape index (κ3) is 3.63. The molecule has 2 nitrogen and oxygen atoms in total. The van der Waals surface area contributed by atoms with Crippen LogP contribution in [0.3, 0.4) is 0 Å². The Kier molecular flexibility index (Phi) is 4.27. The number of nitrogens with two attached hydrogens (primary N) is 1. The maximum absolute atomic E-state index is 13.4. The maximum atomic E-state index is 13.4. The Labute approximate surface area is 92.1 Å².